The first-order valence-corrected chi connectivity index (χ1v) is 6.17. The first kappa shape index (κ1) is 14.0. The minimum absolute atomic E-state index is 0.212. The zero-order valence-electron chi connectivity index (χ0n) is 11.0. The van der Waals surface area contributed by atoms with Gasteiger partial charge in [-0.05, 0) is 30.3 Å². The van der Waals surface area contributed by atoms with Crippen molar-refractivity contribution in [2.24, 2.45) is 0 Å². The normalized spacial score (nSPS) is 11.4. The lowest BCUT2D eigenvalue weighted by Crippen LogP contribution is -2.09. The zero-order valence-corrected chi connectivity index (χ0v) is 11.0. The smallest absolute Gasteiger partial charge is 0.339 e. The van der Waals surface area contributed by atoms with Crippen LogP contribution >= 0.6 is 0 Å². The van der Waals surface area contributed by atoms with Crippen molar-refractivity contribution in [1.82, 2.24) is 25.2 Å². The molecule has 112 valence electrons. The number of nitrogens with zero attached hydrogens (tertiary/aromatic N) is 5. The van der Waals surface area contributed by atoms with Gasteiger partial charge >= 0.3 is 6.18 Å². The lowest BCUT2D eigenvalue weighted by Gasteiger charge is -2.08. The molecule has 9 heteroatoms. The van der Waals surface area contributed by atoms with E-state index in [2.05, 4.69) is 25.8 Å². The summed E-state index contributed by atoms with van der Waals surface area (Å²) >= 11 is 0. The Morgan fingerprint density at radius 2 is 1.91 bits per heavy atom. The highest BCUT2D eigenvalue weighted by Crippen LogP contribution is 2.27. The Kier molecular flexibility index (Phi) is 3.45. The van der Waals surface area contributed by atoms with Crippen molar-refractivity contribution in [3.8, 4) is 5.69 Å². The molecule has 0 unspecified atom stereocenters. The second kappa shape index (κ2) is 5.43. The zero-order chi connectivity index (χ0) is 15.6. The van der Waals surface area contributed by atoms with E-state index >= 15 is 0 Å². The van der Waals surface area contributed by atoms with Crippen LogP contribution in [0.5, 0.6) is 0 Å². The minimum atomic E-state index is -4.50. The molecule has 22 heavy (non-hydrogen) atoms. The third kappa shape index (κ3) is 3.03. The van der Waals surface area contributed by atoms with Gasteiger partial charge in [-0.3, -0.25) is 0 Å². The Hall–Kier alpha value is -2.97. The van der Waals surface area contributed by atoms with Crippen LogP contribution in [0.25, 0.3) is 5.69 Å². The summed E-state index contributed by atoms with van der Waals surface area (Å²) in [5.74, 6) is 0.212. The van der Waals surface area contributed by atoms with Crippen LogP contribution < -0.4 is 5.32 Å². The van der Waals surface area contributed by atoms with E-state index in [9.17, 15) is 13.2 Å². The molecule has 0 saturated carbocycles. The maximum absolute atomic E-state index is 12.4. The fourth-order valence-corrected chi connectivity index (χ4v) is 1.77. The monoisotopic (exact) mass is 306 g/mol. The SMILES string of the molecule is FC(F)(F)c1ccc(Nc2cccc(-n3ccnn3)c2)nn1. The highest BCUT2D eigenvalue weighted by molar-refractivity contribution is 5.59. The van der Waals surface area contributed by atoms with Crippen molar-refractivity contribution in [2.75, 3.05) is 5.32 Å². The summed E-state index contributed by atoms with van der Waals surface area (Å²) in [6.07, 6.45) is -1.28. The molecule has 0 radical (unpaired) electrons. The van der Waals surface area contributed by atoms with Crippen molar-refractivity contribution in [3.05, 3.63) is 54.5 Å². The number of rotatable bonds is 3. The number of alkyl halides is 3. The third-order valence-corrected chi connectivity index (χ3v) is 2.76. The van der Waals surface area contributed by atoms with Crippen molar-refractivity contribution in [2.45, 2.75) is 6.18 Å². The van der Waals surface area contributed by atoms with Gasteiger partial charge in [0.05, 0.1) is 18.1 Å². The van der Waals surface area contributed by atoms with E-state index in [0.29, 0.717) is 5.69 Å². The summed E-state index contributed by atoms with van der Waals surface area (Å²) in [5, 5.41) is 17.1. The molecule has 2 heterocycles. The maximum atomic E-state index is 12.4. The molecule has 0 amide bonds. The fraction of sp³-hybridized carbons (Fsp3) is 0.0769. The number of anilines is 2. The molecule has 2 aromatic heterocycles. The molecule has 0 aliphatic rings. The first-order chi connectivity index (χ1) is 10.5. The fourth-order valence-electron chi connectivity index (χ4n) is 1.77. The maximum Gasteiger partial charge on any atom is 0.435 e. The van der Waals surface area contributed by atoms with Crippen molar-refractivity contribution < 1.29 is 13.2 Å². The molecule has 0 aliphatic carbocycles. The van der Waals surface area contributed by atoms with Crippen LogP contribution in [0.3, 0.4) is 0 Å². The van der Waals surface area contributed by atoms with Gasteiger partial charge in [-0.2, -0.15) is 13.2 Å². The number of benzene rings is 1. The number of hydrogen-bond donors (Lipinski definition) is 1. The van der Waals surface area contributed by atoms with E-state index in [-0.39, 0.29) is 5.82 Å². The van der Waals surface area contributed by atoms with Crippen LogP contribution in [0.15, 0.2) is 48.8 Å². The number of hydrogen-bond acceptors (Lipinski definition) is 5. The standard InChI is InChI=1S/C13H9F3N6/c14-13(15,16)11-4-5-12(20-19-11)18-9-2-1-3-10(8-9)22-7-6-17-21-22/h1-8H,(H,18,20). The van der Waals surface area contributed by atoms with Gasteiger partial charge in [-0.1, -0.05) is 11.3 Å². The van der Waals surface area contributed by atoms with Crippen molar-refractivity contribution in [3.63, 3.8) is 0 Å². The number of aromatic nitrogens is 5. The van der Waals surface area contributed by atoms with E-state index in [1.165, 1.54) is 6.07 Å². The van der Waals surface area contributed by atoms with E-state index in [1.807, 2.05) is 6.07 Å². The molecule has 0 bridgehead atoms. The van der Waals surface area contributed by atoms with Crippen LogP contribution in [0.4, 0.5) is 24.7 Å². The predicted molar refractivity (Wildman–Crippen MR) is 71.7 cm³/mol. The van der Waals surface area contributed by atoms with Crippen LogP contribution in [-0.4, -0.2) is 25.2 Å². The average molecular weight is 306 g/mol. The molecule has 0 spiro atoms. The molecule has 1 aromatic carbocycles. The summed E-state index contributed by atoms with van der Waals surface area (Å²) in [4.78, 5) is 0. The molecule has 3 aromatic rings. The summed E-state index contributed by atoms with van der Waals surface area (Å²) in [7, 11) is 0. The van der Waals surface area contributed by atoms with E-state index in [0.717, 1.165) is 11.8 Å². The topological polar surface area (TPSA) is 68.5 Å². The summed E-state index contributed by atoms with van der Waals surface area (Å²) in [6.45, 7) is 0. The minimum Gasteiger partial charge on any atom is -0.339 e. The van der Waals surface area contributed by atoms with Gasteiger partial charge in [0, 0.05) is 5.69 Å². The Bertz CT molecular complexity index is 752. The molecular formula is C13H9F3N6. The molecule has 6 nitrogen and oxygen atoms in total. The van der Waals surface area contributed by atoms with Crippen LogP contribution in [0.2, 0.25) is 0 Å². The number of halogens is 3. The van der Waals surface area contributed by atoms with Crippen molar-refractivity contribution >= 4 is 11.5 Å². The van der Waals surface area contributed by atoms with E-state index in [1.54, 1.807) is 35.3 Å². The van der Waals surface area contributed by atoms with Gasteiger partial charge in [0.2, 0.25) is 0 Å². The summed E-state index contributed by atoms with van der Waals surface area (Å²) < 4.78 is 38.8. The molecule has 1 N–H and O–H groups in total. The van der Waals surface area contributed by atoms with Crippen LogP contribution in [0.1, 0.15) is 5.69 Å². The van der Waals surface area contributed by atoms with Crippen LogP contribution in [-0.2, 0) is 6.18 Å². The number of nitrogens with one attached hydrogen (secondary N) is 1. The largest absolute Gasteiger partial charge is 0.435 e. The van der Waals surface area contributed by atoms with Gasteiger partial charge in [-0.15, -0.1) is 15.3 Å². The van der Waals surface area contributed by atoms with Crippen LogP contribution in [0, 0.1) is 0 Å². The highest BCUT2D eigenvalue weighted by Gasteiger charge is 2.32. The van der Waals surface area contributed by atoms with Gasteiger partial charge in [0.25, 0.3) is 0 Å². The second-order valence-corrected chi connectivity index (χ2v) is 4.32. The Morgan fingerprint density at radius 1 is 1.05 bits per heavy atom. The average Bonchev–Trinajstić information content (AvgIpc) is 3.01. The van der Waals surface area contributed by atoms with E-state index < -0.39 is 11.9 Å². The lowest BCUT2D eigenvalue weighted by atomic mass is 10.2. The molecule has 3 rings (SSSR count). The molecule has 0 atom stereocenters. The molecule has 0 aliphatic heterocycles. The summed E-state index contributed by atoms with van der Waals surface area (Å²) in [5.41, 5.74) is 0.360. The van der Waals surface area contributed by atoms with Gasteiger partial charge in [-0.25, -0.2) is 4.68 Å². The van der Waals surface area contributed by atoms with Crippen molar-refractivity contribution in [1.29, 1.82) is 0 Å². The van der Waals surface area contributed by atoms with Gasteiger partial charge in [0.1, 0.15) is 0 Å². The Labute approximate surface area is 122 Å². The second-order valence-electron chi connectivity index (χ2n) is 4.32. The molecule has 0 fully saturated rings. The van der Waals surface area contributed by atoms with E-state index in [4.69, 9.17) is 0 Å². The van der Waals surface area contributed by atoms with Gasteiger partial charge < -0.3 is 5.32 Å². The third-order valence-electron chi connectivity index (χ3n) is 2.76. The Morgan fingerprint density at radius 3 is 2.55 bits per heavy atom. The highest BCUT2D eigenvalue weighted by atomic mass is 19.4. The molecular weight excluding hydrogens is 297 g/mol. The Balaban J connectivity index is 1.80. The quantitative estimate of drug-likeness (QED) is 0.806. The predicted octanol–water partition coefficient (Wildman–Crippen LogP) is 2.82. The summed E-state index contributed by atoms with van der Waals surface area (Å²) in [6, 6.07) is 9.19. The molecule has 0 saturated heterocycles. The lowest BCUT2D eigenvalue weighted by molar-refractivity contribution is -0.141. The first-order valence-electron chi connectivity index (χ1n) is 6.17. The van der Waals surface area contributed by atoms with Gasteiger partial charge in [0.15, 0.2) is 11.5 Å².